The average molecular weight is 432 g/mol. The van der Waals surface area contributed by atoms with E-state index in [4.69, 9.17) is 0 Å². The van der Waals surface area contributed by atoms with Crippen molar-refractivity contribution in [3.8, 4) is 5.95 Å². The zero-order valence-corrected chi connectivity index (χ0v) is 17.4. The molecule has 3 aromatic heterocycles. The lowest BCUT2D eigenvalue weighted by Gasteiger charge is -2.16. The first-order valence-electron chi connectivity index (χ1n) is 10.1. The number of hydrogen-bond acceptors (Lipinski definition) is 6. The van der Waals surface area contributed by atoms with Gasteiger partial charge in [-0.25, -0.2) is 0 Å². The van der Waals surface area contributed by atoms with Crippen LogP contribution in [0, 0.1) is 12.8 Å². The Balaban J connectivity index is 1.42. The molecule has 1 saturated heterocycles. The van der Waals surface area contributed by atoms with Crippen molar-refractivity contribution < 1.29 is 9.59 Å². The van der Waals surface area contributed by atoms with Crippen molar-refractivity contribution in [2.45, 2.75) is 13.3 Å². The van der Waals surface area contributed by atoms with Crippen LogP contribution in [0.25, 0.3) is 17.0 Å². The van der Waals surface area contributed by atoms with Crippen LogP contribution in [-0.4, -0.2) is 47.9 Å². The number of aromatic amines is 1. The lowest BCUT2D eigenvalue weighted by molar-refractivity contribution is -0.122. The maximum atomic E-state index is 13.0. The zero-order chi connectivity index (χ0) is 22.4. The number of rotatable bonds is 4. The number of anilines is 2. The third kappa shape index (κ3) is 3.33. The van der Waals surface area contributed by atoms with Crippen LogP contribution in [0.4, 0.5) is 11.5 Å². The molecule has 1 atom stereocenters. The fourth-order valence-corrected chi connectivity index (χ4v) is 3.84. The van der Waals surface area contributed by atoms with Crippen LogP contribution in [0.3, 0.4) is 0 Å². The predicted octanol–water partition coefficient (Wildman–Crippen LogP) is 1.14. The highest BCUT2D eigenvalue weighted by molar-refractivity contribution is 6.03. The lowest BCUT2D eigenvalue weighted by atomic mass is 10.1. The summed E-state index contributed by atoms with van der Waals surface area (Å²) >= 11 is 0. The third-order valence-electron chi connectivity index (χ3n) is 5.44. The second kappa shape index (κ2) is 7.45. The molecule has 0 radical (unpaired) electrons. The summed E-state index contributed by atoms with van der Waals surface area (Å²) in [6.45, 7) is 2.06. The minimum absolute atomic E-state index is 0.103. The van der Waals surface area contributed by atoms with Gasteiger partial charge in [0.1, 0.15) is 11.2 Å². The van der Waals surface area contributed by atoms with Gasteiger partial charge < -0.3 is 10.2 Å². The van der Waals surface area contributed by atoms with E-state index in [1.165, 1.54) is 15.6 Å². The van der Waals surface area contributed by atoms with E-state index >= 15 is 0 Å². The van der Waals surface area contributed by atoms with E-state index in [0.717, 1.165) is 5.69 Å². The number of benzene rings is 1. The summed E-state index contributed by atoms with van der Waals surface area (Å²) in [5.41, 5.74) is 1.43. The Bertz CT molecular complexity index is 1400. The van der Waals surface area contributed by atoms with Crippen molar-refractivity contribution in [1.82, 2.24) is 29.5 Å². The number of nitrogens with zero attached hydrogens (tertiary/aromatic N) is 6. The molecule has 1 fully saturated rings. The molecule has 2 amide bonds. The summed E-state index contributed by atoms with van der Waals surface area (Å²) in [4.78, 5) is 46.6. The summed E-state index contributed by atoms with van der Waals surface area (Å²) in [6, 6.07) is 10.9. The molecule has 11 heteroatoms. The van der Waals surface area contributed by atoms with Crippen molar-refractivity contribution in [2.24, 2.45) is 13.0 Å². The monoisotopic (exact) mass is 432 g/mol. The van der Waals surface area contributed by atoms with Gasteiger partial charge >= 0.3 is 0 Å². The molecule has 1 aliphatic rings. The molecule has 0 spiro atoms. The number of para-hydroxylation sites is 1. The van der Waals surface area contributed by atoms with Crippen LogP contribution in [0.1, 0.15) is 12.1 Å². The van der Waals surface area contributed by atoms with Gasteiger partial charge in [-0.1, -0.05) is 18.2 Å². The number of nitrogens with one attached hydrogen (secondary N) is 2. The first kappa shape index (κ1) is 19.7. The van der Waals surface area contributed by atoms with E-state index in [-0.39, 0.29) is 36.3 Å². The van der Waals surface area contributed by atoms with Crippen molar-refractivity contribution in [1.29, 1.82) is 0 Å². The molecule has 162 valence electrons. The maximum absolute atomic E-state index is 13.0. The molecule has 2 N–H and O–H groups in total. The topological polar surface area (TPSA) is 131 Å². The molecule has 1 aromatic carbocycles. The van der Waals surface area contributed by atoms with E-state index in [2.05, 4.69) is 25.5 Å². The first-order chi connectivity index (χ1) is 15.4. The Labute approximate surface area is 181 Å². The van der Waals surface area contributed by atoms with Gasteiger partial charge in [0, 0.05) is 31.8 Å². The minimum atomic E-state index is -0.516. The Kier molecular flexibility index (Phi) is 4.58. The van der Waals surface area contributed by atoms with Gasteiger partial charge in [-0.15, -0.1) is 0 Å². The van der Waals surface area contributed by atoms with Crippen LogP contribution in [0.2, 0.25) is 0 Å². The van der Waals surface area contributed by atoms with Gasteiger partial charge in [-0.05, 0) is 19.1 Å². The Hall–Kier alpha value is -4.28. The van der Waals surface area contributed by atoms with Crippen molar-refractivity contribution in [3.05, 3.63) is 58.6 Å². The third-order valence-corrected chi connectivity index (χ3v) is 5.44. The molecule has 0 aliphatic carbocycles. The van der Waals surface area contributed by atoms with Crippen LogP contribution >= 0.6 is 0 Å². The summed E-state index contributed by atoms with van der Waals surface area (Å²) < 4.78 is 2.86. The fraction of sp³-hybridized carbons (Fsp3) is 0.238. The average Bonchev–Trinajstić information content (AvgIpc) is 3.46. The Morgan fingerprint density at radius 3 is 2.78 bits per heavy atom. The van der Waals surface area contributed by atoms with E-state index in [9.17, 15) is 14.4 Å². The number of aryl methyl sites for hydroxylation is 2. The highest BCUT2D eigenvalue weighted by Gasteiger charge is 2.35. The van der Waals surface area contributed by atoms with E-state index in [1.807, 2.05) is 30.3 Å². The smallest absolute Gasteiger partial charge is 0.263 e. The zero-order valence-electron chi connectivity index (χ0n) is 17.4. The molecule has 1 aliphatic heterocycles. The molecule has 11 nitrogen and oxygen atoms in total. The van der Waals surface area contributed by atoms with Crippen LogP contribution < -0.4 is 15.8 Å². The van der Waals surface area contributed by atoms with E-state index in [0.29, 0.717) is 22.5 Å². The maximum Gasteiger partial charge on any atom is 0.263 e. The highest BCUT2D eigenvalue weighted by Crippen LogP contribution is 2.26. The predicted molar refractivity (Wildman–Crippen MR) is 117 cm³/mol. The Morgan fingerprint density at radius 1 is 1.22 bits per heavy atom. The number of carbonyl (C=O) groups excluding carboxylic acids is 2. The van der Waals surface area contributed by atoms with Gasteiger partial charge in [0.25, 0.3) is 5.56 Å². The second-order valence-electron chi connectivity index (χ2n) is 7.71. The number of hydrogen-bond donors (Lipinski definition) is 2. The molecule has 4 heterocycles. The molecule has 1 unspecified atom stereocenters. The van der Waals surface area contributed by atoms with Gasteiger partial charge in [0.15, 0.2) is 5.65 Å². The lowest BCUT2D eigenvalue weighted by Crippen LogP contribution is -2.28. The van der Waals surface area contributed by atoms with Gasteiger partial charge in [0.2, 0.25) is 17.8 Å². The van der Waals surface area contributed by atoms with Crippen LogP contribution in [-0.2, 0) is 16.6 Å². The fourth-order valence-electron chi connectivity index (χ4n) is 3.84. The normalized spacial score (nSPS) is 16.1. The molecular weight excluding hydrogens is 412 g/mol. The number of carbonyl (C=O) groups is 2. The molecule has 0 saturated carbocycles. The largest absolute Gasteiger partial charge is 0.312 e. The van der Waals surface area contributed by atoms with Crippen LogP contribution in [0.5, 0.6) is 0 Å². The number of fused-ring (bicyclic) bond motifs is 1. The molecular formula is C21H20N8O3. The van der Waals surface area contributed by atoms with Crippen molar-refractivity contribution in [3.63, 3.8) is 0 Å². The molecule has 0 bridgehead atoms. The van der Waals surface area contributed by atoms with Crippen molar-refractivity contribution >= 4 is 34.4 Å². The highest BCUT2D eigenvalue weighted by atomic mass is 16.2. The van der Waals surface area contributed by atoms with Gasteiger partial charge in [-0.2, -0.15) is 19.9 Å². The SMILES string of the molecule is Cc1cc(NC(=O)C2CC(=O)N(c3ccccc3)C2)n(-c2nc3c(cnn3C)c(=O)[nH]2)n1. The van der Waals surface area contributed by atoms with E-state index < -0.39 is 5.92 Å². The minimum Gasteiger partial charge on any atom is -0.312 e. The summed E-state index contributed by atoms with van der Waals surface area (Å²) in [5, 5.41) is 11.6. The quantitative estimate of drug-likeness (QED) is 0.497. The number of H-pyrrole nitrogens is 1. The molecule has 5 rings (SSSR count). The number of aromatic nitrogens is 6. The van der Waals surface area contributed by atoms with Crippen LogP contribution in [0.15, 0.2) is 47.4 Å². The summed E-state index contributed by atoms with van der Waals surface area (Å²) in [6.07, 6.45) is 1.56. The van der Waals surface area contributed by atoms with Gasteiger partial charge in [0.05, 0.1) is 17.8 Å². The Morgan fingerprint density at radius 2 is 2.00 bits per heavy atom. The standard InChI is InChI=1S/C21H20N8O3/c1-12-8-16(29(26-12)21-24-18-15(20(32)25-21)10-22-27(18)2)23-19(31)13-9-17(30)28(11-13)14-6-4-3-5-7-14/h3-8,10,13H,9,11H2,1-2H3,(H,23,31)(H,24,25,32). The van der Waals surface area contributed by atoms with Crippen molar-refractivity contribution in [2.75, 3.05) is 16.8 Å². The first-order valence-corrected chi connectivity index (χ1v) is 10.1. The summed E-state index contributed by atoms with van der Waals surface area (Å²) in [5.74, 6) is -0.417. The molecule has 32 heavy (non-hydrogen) atoms. The van der Waals surface area contributed by atoms with Gasteiger partial charge in [-0.3, -0.25) is 24.0 Å². The number of amides is 2. The molecule has 4 aromatic rings. The summed E-state index contributed by atoms with van der Waals surface area (Å²) in [7, 11) is 1.69. The van der Waals surface area contributed by atoms with E-state index in [1.54, 1.807) is 24.9 Å². The second-order valence-corrected chi connectivity index (χ2v) is 7.71.